The van der Waals surface area contributed by atoms with E-state index in [2.05, 4.69) is 22.4 Å². The van der Waals surface area contributed by atoms with Gasteiger partial charge in [-0.3, -0.25) is 4.98 Å². The molecule has 0 aliphatic heterocycles. The molecule has 1 aliphatic rings. The number of aliphatic hydroxyl groups is 1. The highest BCUT2D eigenvalue weighted by molar-refractivity contribution is 5.27. The topological polar surface area (TPSA) is 54.4 Å². The van der Waals surface area contributed by atoms with Gasteiger partial charge in [0.15, 0.2) is 0 Å². The van der Waals surface area contributed by atoms with Crippen LogP contribution >= 0.6 is 0 Å². The van der Waals surface area contributed by atoms with Crippen molar-refractivity contribution in [2.24, 2.45) is 5.92 Å². The van der Waals surface area contributed by atoms with E-state index in [0.29, 0.717) is 12.5 Å². The lowest BCUT2D eigenvalue weighted by atomic mass is 9.87. The van der Waals surface area contributed by atoms with Gasteiger partial charge in [0, 0.05) is 18.9 Å². The number of pyridine rings is 1. The minimum Gasteiger partial charge on any atom is -0.489 e. The van der Waals surface area contributed by atoms with Gasteiger partial charge < -0.3 is 15.2 Å². The van der Waals surface area contributed by atoms with Crippen molar-refractivity contribution in [2.75, 3.05) is 6.54 Å². The largest absolute Gasteiger partial charge is 0.489 e. The molecule has 0 saturated heterocycles. The zero-order valence-corrected chi connectivity index (χ0v) is 14.0. The summed E-state index contributed by atoms with van der Waals surface area (Å²) in [5, 5.41) is 13.2. The molecule has 1 saturated carbocycles. The molecule has 1 aliphatic carbocycles. The van der Waals surface area contributed by atoms with Crippen molar-refractivity contribution in [3.8, 4) is 5.75 Å². The predicted molar refractivity (Wildman–Crippen MR) is 94.7 cm³/mol. The number of nitrogens with one attached hydrogen (secondary N) is 1. The Kier molecular flexibility index (Phi) is 6.21. The van der Waals surface area contributed by atoms with Crippen LogP contribution < -0.4 is 10.1 Å². The SMILES string of the molecule is OC1CCCC(CNCc2ccc(OCc3ccncc3)cc2)C1. The Labute approximate surface area is 143 Å². The quantitative estimate of drug-likeness (QED) is 0.820. The van der Waals surface area contributed by atoms with Crippen molar-refractivity contribution in [1.82, 2.24) is 10.3 Å². The molecule has 0 spiro atoms. The van der Waals surface area contributed by atoms with Crippen molar-refractivity contribution in [1.29, 1.82) is 0 Å². The molecule has 3 rings (SSSR count). The predicted octanol–water partition coefficient (Wildman–Crippen LogP) is 3.30. The number of nitrogens with zero attached hydrogens (tertiary/aromatic N) is 1. The maximum atomic E-state index is 9.71. The molecule has 0 bridgehead atoms. The first-order valence-corrected chi connectivity index (χ1v) is 8.79. The van der Waals surface area contributed by atoms with Gasteiger partial charge in [0.1, 0.15) is 12.4 Å². The molecule has 2 atom stereocenters. The van der Waals surface area contributed by atoms with E-state index in [1.807, 2.05) is 24.3 Å². The Hall–Kier alpha value is -1.91. The lowest BCUT2D eigenvalue weighted by Crippen LogP contribution is -2.28. The summed E-state index contributed by atoms with van der Waals surface area (Å²) < 4.78 is 5.78. The molecule has 0 amide bonds. The third-order valence-corrected chi connectivity index (χ3v) is 4.60. The van der Waals surface area contributed by atoms with E-state index in [1.54, 1.807) is 12.4 Å². The van der Waals surface area contributed by atoms with Crippen LogP contribution in [0.4, 0.5) is 0 Å². The van der Waals surface area contributed by atoms with Crippen molar-refractivity contribution in [3.05, 3.63) is 59.9 Å². The average molecular weight is 326 g/mol. The number of aromatic nitrogens is 1. The van der Waals surface area contributed by atoms with Crippen LogP contribution in [0.15, 0.2) is 48.8 Å². The van der Waals surface area contributed by atoms with E-state index in [0.717, 1.165) is 43.7 Å². The third-order valence-electron chi connectivity index (χ3n) is 4.60. The molecule has 1 aromatic heterocycles. The Morgan fingerprint density at radius 1 is 1.04 bits per heavy atom. The second-order valence-electron chi connectivity index (χ2n) is 6.61. The summed E-state index contributed by atoms with van der Waals surface area (Å²) in [6.07, 6.45) is 7.74. The van der Waals surface area contributed by atoms with Gasteiger partial charge >= 0.3 is 0 Å². The highest BCUT2D eigenvalue weighted by Gasteiger charge is 2.19. The Bertz CT molecular complexity index is 601. The van der Waals surface area contributed by atoms with Gasteiger partial charge in [0.25, 0.3) is 0 Å². The number of aliphatic hydroxyl groups excluding tert-OH is 1. The van der Waals surface area contributed by atoms with E-state index in [4.69, 9.17) is 4.74 Å². The summed E-state index contributed by atoms with van der Waals surface area (Å²) in [6.45, 7) is 2.40. The van der Waals surface area contributed by atoms with E-state index in [9.17, 15) is 5.11 Å². The normalized spacial score (nSPS) is 20.7. The molecule has 2 N–H and O–H groups in total. The van der Waals surface area contributed by atoms with Crippen LogP contribution in [0.2, 0.25) is 0 Å². The Balaban J connectivity index is 1.39. The fraction of sp³-hybridized carbons (Fsp3) is 0.450. The zero-order valence-electron chi connectivity index (χ0n) is 14.0. The molecule has 2 unspecified atom stereocenters. The summed E-state index contributed by atoms with van der Waals surface area (Å²) in [5.74, 6) is 1.49. The smallest absolute Gasteiger partial charge is 0.119 e. The summed E-state index contributed by atoms with van der Waals surface area (Å²) in [4.78, 5) is 4.00. The number of benzene rings is 1. The fourth-order valence-electron chi connectivity index (χ4n) is 3.22. The van der Waals surface area contributed by atoms with Gasteiger partial charge in [-0.25, -0.2) is 0 Å². The van der Waals surface area contributed by atoms with Crippen LogP contribution in [0.3, 0.4) is 0 Å². The molecular weight excluding hydrogens is 300 g/mol. The summed E-state index contributed by atoms with van der Waals surface area (Å²) >= 11 is 0. The fourth-order valence-corrected chi connectivity index (χ4v) is 3.22. The first kappa shape index (κ1) is 16.9. The van der Waals surface area contributed by atoms with Crippen LogP contribution in [0.25, 0.3) is 0 Å². The second kappa shape index (κ2) is 8.81. The lowest BCUT2D eigenvalue weighted by molar-refractivity contribution is 0.101. The number of hydrogen-bond acceptors (Lipinski definition) is 4. The minimum atomic E-state index is -0.0950. The van der Waals surface area contributed by atoms with Crippen molar-refractivity contribution < 1.29 is 9.84 Å². The Morgan fingerprint density at radius 2 is 1.83 bits per heavy atom. The Morgan fingerprint density at radius 3 is 2.58 bits per heavy atom. The molecule has 24 heavy (non-hydrogen) atoms. The van der Waals surface area contributed by atoms with Gasteiger partial charge in [-0.1, -0.05) is 18.6 Å². The second-order valence-corrected chi connectivity index (χ2v) is 6.61. The number of rotatable bonds is 7. The molecule has 0 radical (unpaired) electrons. The van der Waals surface area contributed by atoms with Crippen LogP contribution in [-0.4, -0.2) is 22.7 Å². The van der Waals surface area contributed by atoms with Gasteiger partial charge in [0.2, 0.25) is 0 Å². The van der Waals surface area contributed by atoms with Gasteiger partial charge in [-0.2, -0.15) is 0 Å². The van der Waals surface area contributed by atoms with Crippen molar-refractivity contribution in [2.45, 2.75) is 44.9 Å². The summed E-state index contributed by atoms with van der Waals surface area (Å²) in [7, 11) is 0. The number of ether oxygens (including phenoxy) is 1. The number of hydrogen-bond donors (Lipinski definition) is 2. The zero-order chi connectivity index (χ0) is 16.6. The lowest BCUT2D eigenvalue weighted by Gasteiger charge is -2.26. The van der Waals surface area contributed by atoms with Gasteiger partial charge in [-0.15, -0.1) is 0 Å². The standard InChI is InChI=1S/C20H26N2O2/c23-19-3-1-2-18(12-19)14-22-13-16-4-6-20(7-5-16)24-15-17-8-10-21-11-9-17/h4-11,18-19,22-23H,1-3,12-15H2. The first-order valence-electron chi connectivity index (χ1n) is 8.79. The molecule has 1 heterocycles. The maximum Gasteiger partial charge on any atom is 0.119 e. The minimum absolute atomic E-state index is 0.0950. The van der Waals surface area contributed by atoms with E-state index in [1.165, 1.54) is 12.0 Å². The maximum absolute atomic E-state index is 9.71. The summed E-state index contributed by atoms with van der Waals surface area (Å²) in [5.41, 5.74) is 2.37. The average Bonchev–Trinajstić information content (AvgIpc) is 2.62. The molecule has 2 aromatic rings. The molecule has 1 fully saturated rings. The van der Waals surface area contributed by atoms with E-state index < -0.39 is 0 Å². The molecule has 4 nitrogen and oxygen atoms in total. The van der Waals surface area contributed by atoms with Crippen LogP contribution in [0.1, 0.15) is 36.8 Å². The van der Waals surface area contributed by atoms with Gasteiger partial charge in [0.05, 0.1) is 6.10 Å². The van der Waals surface area contributed by atoms with E-state index >= 15 is 0 Å². The highest BCUT2D eigenvalue weighted by atomic mass is 16.5. The van der Waals surface area contributed by atoms with Crippen molar-refractivity contribution in [3.63, 3.8) is 0 Å². The summed E-state index contributed by atoms with van der Waals surface area (Å²) in [6, 6.07) is 12.2. The monoisotopic (exact) mass is 326 g/mol. The van der Waals surface area contributed by atoms with Crippen LogP contribution in [0, 0.1) is 5.92 Å². The van der Waals surface area contributed by atoms with E-state index in [-0.39, 0.29) is 6.10 Å². The molecular formula is C20H26N2O2. The third kappa shape index (κ3) is 5.32. The molecule has 1 aromatic carbocycles. The molecule has 4 heteroatoms. The van der Waals surface area contributed by atoms with Crippen LogP contribution in [0.5, 0.6) is 5.75 Å². The van der Waals surface area contributed by atoms with Crippen LogP contribution in [-0.2, 0) is 13.2 Å². The highest BCUT2D eigenvalue weighted by Crippen LogP contribution is 2.23. The van der Waals surface area contributed by atoms with Crippen molar-refractivity contribution >= 4 is 0 Å². The van der Waals surface area contributed by atoms with Gasteiger partial charge in [-0.05, 0) is 67.1 Å². The first-order chi connectivity index (χ1) is 11.8. The molecule has 128 valence electrons.